The molecule has 19 heteroatoms. The van der Waals surface area contributed by atoms with Crippen molar-refractivity contribution in [1.29, 1.82) is 0 Å². The molecule has 3 heterocycles. The summed E-state index contributed by atoms with van der Waals surface area (Å²) in [5, 5.41) is 25.6. The lowest BCUT2D eigenvalue weighted by Gasteiger charge is -2.39. The highest BCUT2D eigenvalue weighted by Gasteiger charge is 2.46. The molecule has 3 aliphatic rings. The molecule has 0 aliphatic carbocycles. The van der Waals surface area contributed by atoms with Gasteiger partial charge in [0.15, 0.2) is 22.9 Å². The SMILES string of the molecule is CC(C)OCCN(N)c1ccc(C(=O)N2CCC3(CC2)CN(N)C(NC(=O)C2=NC(Cl)=C(N=NN)NC2N=NN)N3)cc1. The van der Waals surface area contributed by atoms with Gasteiger partial charge in [-0.05, 0) is 51.0 Å². The van der Waals surface area contributed by atoms with Crippen molar-refractivity contribution in [2.45, 2.75) is 50.8 Å². The molecule has 18 nitrogen and oxygen atoms in total. The van der Waals surface area contributed by atoms with Crippen molar-refractivity contribution < 1.29 is 14.3 Å². The zero-order chi connectivity index (χ0) is 31.1. The van der Waals surface area contributed by atoms with Gasteiger partial charge in [0.1, 0.15) is 6.29 Å². The minimum atomic E-state index is -1.08. The summed E-state index contributed by atoms with van der Waals surface area (Å²) in [4.78, 5) is 32.2. The van der Waals surface area contributed by atoms with Crippen molar-refractivity contribution in [3.63, 3.8) is 0 Å². The molecule has 11 N–H and O–H groups in total. The molecule has 2 fully saturated rings. The van der Waals surface area contributed by atoms with Gasteiger partial charge in [0.2, 0.25) is 0 Å². The van der Waals surface area contributed by atoms with E-state index in [-0.39, 0.29) is 28.7 Å². The van der Waals surface area contributed by atoms with Crippen LogP contribution in [-0.2, 0) is 9.53 Å². The van der Waals surface area contributed by atoms with Gasteiger partial charge in [-0.1, -0.05) is 22.0 Å². The van der Waals surface area contributed by atoms with E-state index in [2.05, 4.69) is 41.6 Å². The number of benzene rings is 1. The number of nitrogens with two attached hydrogens (primary N) is 4. The highest BCUT2D eigenvalue weighted by Crippen LogP contribution is 2.29. The number of amides is 2. The molecule has 0 saturated carbocycles. The molecule has 0 bridgehead atoms. The molecule has 0 radical (unpaired) electrons. The number of hydrogen-bond donors (Lipinski definition) is 7. The molecule has 1 aromatic rings. The second kappa shape index (κ2) is 14.0. The van der Waals surface area contributed by atoms with Crippen molar-refractivity contribution in [2.24, 2.45) is 49.0 Å². The van der Waals surface area contributed by atoms with Crippen LogP contribution in [-0.4, -0.2) is 84.3 Å². The first kappa shape index (κ1) is 32.0. The van der Waals surface area contributed by atoms with Crippen LogP contribution >= 0.6 is 11.6 Å². The normalized spacial score (nSPS) is 22.5. The van der Waals surface area contributed by atoms with Crippen molar-refractivity contribution in [2.75, 3.05) is 37.8 Å². The first-order valence-corrected chi connectivity index (χ1v) is 14.0. The Kier molecular flexibility index (Phi) is 10.4. The summed E-state index contributed by atoms with van der Waals surface area (Å²) in [6.45, 7) is 6.43. The highest BCUT2D eigenvalue weighted by atomic mass is 35.5. The summed E-state index contributed by atoms with van der Waals surface area (Å²) in [7, 11) is 0. The first-order valence-electron chi connectivity index (χ1n) is 13.6. The fourth-order valence-electron chi connectivity index (χ4n) is 5.04. The Labute approximate surface area is 253 Å². The Morgan fingerprint density at radius 3 is 2.56 bits per heavy atom. The maximum Gasteiger partial charge on any atom is 0.272 e. The lowest BCUT2D eigenvalue weighted by atomic mass is 9.88. The predicted molar refractivity (Wildman–Crippen MR) is 158 cm³/mol. The summed E-state index contributed by atoms with van der Waals surface area (Å²) in [6.07, 6.45) is -0.425. The molecule has 2 atom stereocenters. The summed E-state index contributed by atoms with van der Waals surface area (Å²) in [5.41, 5.74) is 0.839. The second-order valence-electron chi connectivity index (χ2n) is 10.6. The number of aliphatic imine (C=N–C) groups is 1. The number of halogens is 1. The summed E-state index contributed by atoms with van der Waals surface area (Å²) < 4.78 is 5.55. The van der Waals surface area contributed by atoms with Gasteiger partial charge in [0, 0.05) is 30.7 Å². The fourth-order valence-corrected chi connectivity index (χ4v) is 5.22. The van der Waals surface area contributed by atoms with E-state index in [1.165, 1.54) is 5.01 Å². The van der Waals surface area contributed by atoms with E-state index in [9.17, 15) is 9.59 Å². The third-order valence-electron chi connectivity index (χ3n) is 7.28. The standard InChI is InChI=1S/C24H38ClN15O3/c1-14(2)43-12-11-39(28)16-5-3-15(4-6-16)22(42)38-9-7-24(8-10-38)13-40(29)23(33-24)32-21(41)17-19(34-36-26)31-20(35-37-27)18(25)30-17/h3-6,14,19,23,31,33H,7-13,28-29H2,1-2H3,(H2,26,34)(H2,27,35)(H,32,41). The van der Waals surface area contributed by atoms with Crippen LogP contribution in [0.1, 0.15) is 37.0 Å². The third kappa shape index (κ3) is 7.72. The zero-order valence-corrected chi connectivity index (χ0v) is 24.7. The zero-order valence-electron chi connectivity index (χ0n) is 24.0. The van der Waals surface area contributed by atoms with Gasteiger partial charge in [0.25, 0.3) is 11.8 Å². The molecule has 0 aromatic heterocycles. The molecule has 1 spiro atoms. The van der Waals surface area contributed by atoms with E-state index in [4.69, 9.17) is 39.7 Å². The van der Waals surface area contributed by atoms with E-state index >= 15 is 0 Å². The predicted octanol–water partition coefficient (Wildman–Crippen LogP) is -0.667. The number of hydrazine groups is 2. The number of hydrogen-bond acceptors (Lipinski definition) is 14. The molecule has 234 valence electrons. The molecule has 4 rings (SSSR count). The Balaban J connectivity index is 1.33. The molecule has 2 amide bonds. The lowest BCUT2D eigenvalue weighted by Crippen LogP contribution is -2.59. The maximum atomic E-state index is 13.2. The summed E-state index contributed by atoms with van der Waals surface area (Å²) >= 11 is 6.10. The number of nitrogens with one attached hydrogen (secondary N) is 3. The Bertz CT molecular complexity index is 1280. The van der Waals surface area contributed by atoms with E-state index in [1.54, 1.807) is 22.0 Å². The number of carbonyl (C=O) groups is 2. The average Bonchev–Trinajstić information content (AvgIpc) is 3.28. The number of carbonyl (C=O) groups excluding carboxylic acids is 2. The minimum absolute atomic E-state index is 0.00215. The smallest absolute Gasteiger partial charge is 0.272 e. The van der Waals surface area contributed by atoms with Gasteiger partial charge >= 0.3 is 0 Å². The van der Waals surface area contributed by atoms with Gasteiger partial charge in [-0.25, -0.2) is 15.8 Å². The number of ether oxygens (including phenoxy) is 1. The van der Waals surface area contributed by atoms with E-state index in [0.717, 1.165) is 5.69 Å². The second-order valence-corrected chi connectivity index (χ2v) is 10.9. The molecule has 2 saturated heterocycles. The number of nitrogens with zero attached hydrogens (tertiary/aromatic N) is 8. The average molecular weight is 620 g/mol. The van der Waals surface area contributed by atoms with E-state index < -0.39 is 23.9 Å². The molecule has 43 heavy (non-hydrogen) atoms. The van der Waals surface area contributed by atoms with Gasteiger partial charge in [-0.3, -0.25) is 20.7 Å². The Hall–Kier alpha value is -3.94. The molecular weight excluding hydrogens is 582 g/mol. The van der Waals surface area contributed by atoms with E-state index in [1.807, 2.05) is 26.0 Å². The number of likely N-dealkylation sites (tertiary alicyclic amines) is 1. The van der Waals surface area contributed by atoms with Crippen LogP contribution in [0.3, 0.4) is 0 Å². The number of rotatable bonds is 10. The lowest BCUT2D eigenvalue weighted by molar-refractivity contribution is -0.116. The van der Waals surface area contributed by atoms with E-state index in [0.29, 0.717) is 51.2 Å². The fraction of sp³-hybridized carbons (Fsp3) is 0.542. The molecular formula is C24H38ClN15O3. The van der Waals surface area contributed by atoms with Crippen LogP contribution < -0.4 is 44.3 Å². The molecule has 3 aliphatic heterocycles. The number of anilines is 1. The van der Waals surface area contributed by atoms with Crippen LogP contribution in [0.2, 0.25) is 0 Å². The first-order chi connectivity index (χ1) is 20.6. The number of piperidine rings is 1. The van der Waals surface area contributed by atoms with Gasteiger partial charge < -0.3 is 37.0 Å². The highest BCUT2D eigenvalue weighted by molar-refractivity contribution is 6.43. The summed E-state index contributed by atoms with van der Waals surface area (Å²) in [6, 6.07) is 7.19. The minimum Gasteiger partial charge on any atom is -0.377 e. The van der Waals surface area contributed by atoms with Gasteiger partial charge in [0.05, 0.1) is 24.9 Å². The van der Waals surface area contributed by atoms with Crippen molar-refractivity contribution >= 4 is 34.8 Å². The van der Waals surface area contributed by atoms with Crippen LogP contribution in [0.15, 0.2) is 60.9 Å². The van der Waals surface area contributed by atoms with Gasteiger partial charge in [-0.15, -0.1) is 10.2 Å². The maximum absolute atomic E-state index is 13.2. The molecule has 1 aromatic carbocycles. The van der Waals surface area contributed by atoms with Crippen molar-refractivity contribution in [3.8, 4) is 0 Å². The summed E-state index contributed by atoms with van der Waals surface area (Å²) in [5.74, 6) is 22.0. The topological polar surface area (TPSA) is 255 Å². The Morgan fingerprint density at radius 2 is 1.93 bits per heavy atom. The quantitative estimate of drug-likeness (QED) is 0.0748. The largest absolute Gasteiger partial charge is 0.377 e. The van der Waals surface area contributed by atoms with Crippen LogP contribution in [0.4, 0.5) is 5.69 Å². The molecule has 2 unspecified atom stereocenters. The monoisotopic (exact) mass is 619 g/mol. The van der Waals surface area contributed by atoms with Crippen LogP contribution in [0.5, 0.6) is 0 Å². The van der Waals surface area contributed by atoms with Crippen molar-refractivity contribution in [3.05, 3.63) is 40.8 Å². The van der Waals surface area contributed by atoms with Crippen molar-refractivity contribution in [1.82, 2.24) is 25.9 Å². The van der Waals surface area contributed by atoms with Crippen LogP contribution in [0.25, 0.3) is 0 Å². The Morgan fingerprint density at radius 1 is 1.23 bits per heavy atom. The van der Waals surface area contributed by atoms with Crippen LogP contribution in [0, 0.1) is 0 Å². The third-order valence-corrected chi connectivity index (χ3v) is 7.55. The van der Waals surface area contributed by atoms with Gasteiger partial charge in [-0.2, -0.15) is 0 Å².